The minimum Gasteiger partial charge on any atom is -0.484 e. The van der Waals surface area contributed by atoms with Gasteiger partial charge >= 0.3 is 5.97 Å². The summed E-state index contributed by atoms with van der Waals surface area (Å²) in [5.41, 5.74) is 1.26. The largest absolute Gasteiger partial charge is 0.484 e. The number of anilines is 1. The molecule has 1 N–H and O–H groups in total. The number of aromatic nitrogens is 2. The van der Waals surface area contributed by atoms with Crippen molar-refractivity contribution < 1.29 is 19.1 Å². The van der Waals surface area contributed by atoms with Crippen LogP contribution in [0.5, 0.6) is 5.75 Å². The van der Waals surface area contributed by atoms with Crippen molar-refractivity contribution in [2.24, 2.45) is 0 Å². The molecule has 1 saturated heterocycles. The third-order valence-electron chi connectivity index (χ3n) is 3.56. The van der Waals surface area contributed by atoms with E-state index < -0.39 is 11.9 Å². The molecular weight excluding hydrogens is 406 g/mol. The van der Waals surface area contributed by atoms with Gasteiger partial charge in [-0.2, -0.15) is 0 Å². The van der Waals surface area contributed by atoms with Gasteiger partial charge in [-0.3, -0.25) is 4.79 Å². The fourth-order valence-electron chi connectivity index (χ4n) is 2.32. The van der Waals surface area contributed by atoms with E-state index in [1.54, 1.807) is 6.92 Å². The second-order valence-electron chi connectivity index (χ2n) is 5.50. The van der Waals surface area contributed by atoms with Crippen LogP contribution in [0.2, 0.25) is 0 Å². The van der Waals surface area contributed by atoms with Gasteiger partial charge in [-0.25, -0.2) is 4.79 Å². The van der Waals surface area contributed by atoms with E-state index in [4.69, 9.17) is 9.47 Å². The zero-order chi connectivity index (χ0) is 19.1. The van der Waals surface area contributed by atoms with Gasteiger partial charge in [0.2, 0.25) is 5.69 Å². The van der Waals surface area contributed by atoms with Gasteiger partial charge in [0.25, 0.3) is 5.91 Å². The highest BCUT2D eigenvalue weighted by atomic mass is 32.2. The maximum Gasteiger partial charge on any atom is 0.362 e. The monoisotopic (exact) mass is 425 g/mol. The Morgan fingerprint density at radius 3 is 2.67 bits per heavy atom. The molecule has 1 fully saturated rings. The summed E-state index contributed by atoms with van der Waals surface area (Å²) in [4.78, 5) is 23.8. The zero-order valence-corrected chi connectivity index (χ0v) is 17.1. The minimum atomic E-state index is -0.614. The Balaban J connectivity index is 1.51. The van der Waals surface area contributed by atoms with Crippen molar-refractivity contribution in [3.8, 4) is 5.75 Å². The third-order valence-corrected chi connectivity index (χ3v) is 7.22. The quantitative estimate of drug-likeness (QED) is 0.673. The Morgan fingerprint density at radius 2 is 1.96 bits per heavy atom. The summed E-state index contributed by atoms with van der Waals surface area (Å²) in [6, 6.07) is 7.82. The number of esters is 1. The third kappa shape index (κ3) is 5.60. The van der Waals surface area contributed by atoms with E-state index in [9.17, 15) is 9.59 Å². The van der Waals surface area contributed by atoms with E-state index >= 15 is 0 Å². The number of benzene rings is 1. The maximum absolute atomic E-state index is 12.1. The van der Waals surface area contributed by atoms with Gasteiger partial charge in [-0.05, 0) is 42.5 Å². The average Bonchev–Trinajstić information content (AvgIpc) is 3.16. The lowest BCUT2D eigenvalue weighted by Crippen LogP contribution is -2.21. The summed E-state index contributed by atoms with van der Waals surface area (Å²) >= 11 is 4.84. The van der Waals surface area contributed by atoms with E-state index in [-0.39, 0.29) is 23.9 Å². The topological polar surface area (TPSA) is 90.4 Å². The van der Waals surface area contributed by atoms with Crippen molar-refractivity contribution in [3.05, 3.63) is 35.5 Å². The van der Waals surface area contributed by atoms with Gasteiger partial charge in [0.1, 0.15) is 5.75 Å². The summed E-state index contributed by atoms with van der Waals surface area (Å²) in [7, 11) is 0. The summed E-state index contributed by atoms with van der Waals surface area (Å²) in [6.45, 7) is 1.74. The molecule has 7 nitrogen and oxygen atoms in total. The van der Waals surface area contributed by atoms with E-state index in [0.29, 0.717) is 10.3 Å². The number of carbonyl (C=O) groups is 2. The number of hydrogen-bond donors (Lipinski definition) is 1. The lowest BCUT2D eigenvalue weighted by atomic mass is 10.2. The number of carbonyl (C=O) groups excluding carboxylic acids is 2. The molecule has 0 atom stereocenters. The second-order valence-corrected chi connectivity index (χ2v) is 8.98. The lowest BCUT2D eigenvalue weighted by Gasteiger charge is -2.21. The minimum absolute atomic E-state index is 0.00188. The average molecular weight is 426 g/mol. The van der Waals surface area contributed by atoms with Crippen molar-refractivity contribution in [3.63, 3.8) is 0 Å². The highest BCUT2D eigenvalue weighted by Gasteiger charge is 2.20. The molecule has 1 aliphatic rings. The normalized spacial score (nSPS) is 14.6. The molecule has 3 rings (SSSR count). The standard InChI is InChI=1S/C17H19N3O4S3/c1-2-23-16(22)14-15(27-20-19-14)18-13(21)10-24-12-6-4-11(5-7-12)17-25-8-3-9-26-17/h4-7,17H,2-3,8-10H2,1H3,(H,18,21). The first-order chi connectivity index (χ1) is 13.2. The van der Waals surface area contributed by atoms with E-state index in [2.05, 4.69) is 14.9 Å². The highest BCUT2D eigenvalue weighted by Crippen LogP contribution is 2.43. The Morgan fingerprint density at radius 1 is 1.22 bits per heavy atom. The van der Waals surface area contributed by atoms with Gasteiger partial charge in [0.15, 0.2) is 11.6 Å². The highest BCUT2D eigenvalue weighted by molar-refractivity contribution is 8.16. The Kier molecular flexibility index (Phi) is 7.36. The molecule has 0 spiro atoms. The molecule has 0 aliphatic carbocycles. The summed E-state index contributed by atoms with van der Waals surface area (Å²) in [5.74, 6) is 1.99. The number of ether oxygens (including phenoxy) is 2. The van der Waals surface area contributed by atoms with E-state index in [0.717, 1.165) is 11.5 Å². The van der Waals surface area contributed by atoms with Crippen molar-refractivity contribution in [1.82, 2.24) is 9.59 Å². The predicted octanol–water partition coefficient (Wildman–Crippen LogP) is 3.60. The molecule has 1 aromatic carbocycles. The predicted molar refractivity (Wildman–Crippen MR) is 109 cm³/mol. The van der Waals surface area contributed by atoms with Crippen LogP contribution in [0.15, 0.2) is 24.3 Å². The zero-order valence-electron chi connectivity index (χ0n) is 14.7. The molecule has 10 heteroatoms. The summed E-state index contributed by atoms with van der Waals surface area (Å²) in [5, 5.41) is 6.53. The van der Waals surface area contributed by atoms with Crippen molar-refractivity contribution >= 4 is 51.9 Å². The molecular formula is C17H19N3O4S3. The summed E-state index contributed by atoms with van der Waals surface area (Å²) < 4.78 is 14.6. The number of nitrogens with one attached hydrogen (secondary N) is 1. The first-order valence-corrected chi connectivity index (χ1v) is 11.3. The molecule has 0 bridgehead atoms. The second kappa shape index (κ2) is 9.95. The number of thioether (sulfide) groups is 2. The van der Waals surface area contributed by atoms with Crippen LogP contribution in [0.3, 0.4) is 0 Å². The number of amides is 1. The molecule has 1 aliphatic heterocycles. The molecule has 1 aromatic heterocycles. The number of hydrogen-bond acceptors (Lipinski definition) is 9. The van der Waals surface area contributed by atoms with Gasteiger partial charge in [-0.15, -0.1) is 28.6 Å². The van der Waals surface area contributed by atoms with E-state index in [1.165, 1.54) is 23.5 Å². The maximum atomic E-state index is 12.1. The first-order valence-electron chi connectivity index (χ1n) is 8.42. The van der Waals surface area contributed by atoms with Gasteiger partial charge in [0, 0.05) is 11.5 Å². The smallest absolute Gasteiger partial charge is 0.362 e. The number of rotatable bonds is 7. The van der Waals surface area contributed by atoms with Crippen LogP contribution in [-0.2, 0) is 9.53 Å². The van der Waals surface area contributed by atoms with Crippen LogP contribution in [0.25, 0.3) is 0 Å². The van der Waals surface area contributed by atoms with Gasteiger partial charge in [0.05, 0.1) is 11.2 Å². The molecule has 0 radical (unpaired) electrons. The Hall–Kier alpha value is -1.78. The molecule has 2 aromatic rings. The van der Waals surface area contributed by atoms with Crippen LogP contribution >= 0.6 is 35.1 Å². The first kappa shape index (κ1) is 20.0. The Labute approximate surface area is 169 Å². The van der Waals surface area contributed by atoms with Crippen molar-refractivity contribution in [2.45, 2.75) is 17.9 Å². The van der Waals surface area contributed by atoms with Crippen molar-refractivity contribution in [2.75, 3.05) is 30.0 Å². The molecule has 1 amide bonds. The fourth-order valence-corrected chi connectivity index (χ4v) is 5.79. The van der Waals surface area contributed by atoms with Crippen LogP contribution in [-0.4, -0.2) is 46.2 Å². The van der Waals surface area contributed by atoms with E-state index in [1.807, 2.05) is 47.8 Å². The molecule has 144 valence electrons. The van der Waals surface area contributed by atoms with Gasteiger partial charge < -0.3 is 14.8 Å². The van der Waals surface area contributed by atoms with Crippen LogP contribution in [0.1, 0.15) is 34.0 Å². The van der Waals surface area contributed by atoms with Crippen LogP contribution in [0, 0.1) is 0 Å². The fraction of sp³-hybridized carbons (Fsp3) is 0.412. The van der Waals surface area contributed by atoms with Gasteiger partial charge in [-0.1, -0.05) is 16.6 Å². The van der Waals surface area contributed by atoms with Crippen LogP contribution < -0.4 is 10.1 Å². The molecule has 2 heterocycles. The van der Waals surface area contributed by atoms with Crippen LogP contribution in [0.4, 0.5) is 5.00 Å². The lowest BCUT2D eigenvalue weighted by molar-refractivity contribution is -0.118. The molecule has 0 unspecified atom stereocenters. The van der Waals surface area contributed by atoms with Crippen molar-refractivity contribution in [1.29, 1.82) is 0 Å². The Bertz CT molecular complexity index is 776. The summed E-state index contributed by atoms with van der Waals surface area (Å²) in [6.07, 6.45) is 1.26. The SMILES string of the molecule is CCOC(=O)c1nnsc1NC(=O)COc1ccc(C2SCCCS2)cc1. The molecule has 0 saturated carbocycles. The number of nitrogens with zero attached hydrogens (tertiary/aromatic N) is 2. The molecule has 27 heavy (non-hydrogen) atoms.